The summed E-state index contributed by atoms with van der Waals surface area (Å²) in [5.41, 5.74) is 2.78. The molecule has 0 atom stereocenters. The van der Waals surface area contributed by atoms with E-state index in [0.717, 1.165) is 18.1 Å². The van der Waals surface area contributed by atoms with Crippen LogP contribution in [0.2, 0.25) is 0 Å². The van der Waals surface area contributed by atoms with E-state index >= 15 is 0 Å². The Morgan fingerprint density at radius 2 is 1.76 bits per heavy atom. The van der Waals surface area contributed by atoms with E-state index in [9.17, 15) is 0 Å². The second kappa shape index (κ2) is 5.34. The molecular weight excluding hydrogens is 228 g/mol. The van der Waals surface area contributed by atoms with Crippen LogP contribution in [0.5, 0.6) is 5.75 Å². The highest BCUT2D eigenvalue weighted by Gasteiger charge is 2.33. The number of para-hydroxylation sites is 1. The highest BCUT2D eigenvalue weighted by molar-refractivity contribution is 7.80. The fourth-order valence-corrected chi connectivity index (χ4v) is 3.13. The van der Waals surface area contributed by atoms with Crippen molar-refractivity contribution in [3.63, 3.8) is 0 Å². The molecular formula is C15H22OS. The fraction of sp³-hybridized carbons (Fsp3) is 0.600. The van der Waals surface area contributed by atoms with Crippen LogP contribution in [-0.2, 0) is 0 Å². The smallest absolute Gasteiger partial charge is 0.125 e. The molecule has 0 saturated heterocycles. The van der Waals surface area contributed by atoms with Crippen LogP contribution in [-0.4, -0.2) is 12.4 Å². The SMILES string of the molecule is Cc1cccc(C)c1OCC1(CS)CCCC1. The van der Waals surface area contributed by atoms with Crippen LogP contribution in [0.25, 0.3) is 0 Å². The van der Waals surface area contributed by atoms with Crippen LogP contribution in [0.15, 0.2) is 18.2 Å². The van der Waals surface area contributed by atoms with Gasteiger partial charge in [-0.25, -0.2) is 0 Å². The van der Waals surface area contributed by atoms with Gasteiger partial charge in [0, 0.05) is 5.41 Å². The van der Waals surface area contributed by atoms with Crippen molar-refractivity contribution >= 4 is 12.6 Å². The average Bonchev–Trinajstić information content (AvgIpc) is 2.78. The molecule has 0 N–H and O–H groups in total. The van der Waals surface area contributed by atoms with Gasteiger partial charge in [0.2, 0.25) is 0 Å². The van der Waals surface area contributed by atoms with E-state index in [4.69, 9.17) is 4.74 Å². The number of benzene rings is 1. The first-order valence-corrected chi connectivity index (χ1v) is 7.10. The summed E-state index contributed by atoms with van der Waals surface area (Å²) in [7, 11) is 0. The maximum Gasteiger partial charge on any atom is 0.125 e. The Bertz CT molecular complexity index is 360. The molecule has 1 aromatic rings. The van der Waals surface area contributed by atoms with Crippen molar-refractivity contribution < 1.29 is 4.74 Å². The quantitative estimate of drug-likeness (QED) is 0.789. The lowest BCUT2D eigenvalue weighted by Gasteiger charge is -2.27. The van der Waals surface area contributed by atoms with Gasteiger partial charge in [0.05, 0.1) is 6.61 Å². The Balaban J connectivity index is 2.06. The first-order valence-electron chi connectivity index (χ1n) is 6.47. The lowest BCUT2D eigenvalue weighted by Crippen LogP contribution is -2.27. The molecule has 0 radical (unpaired) electrons. The number of hydrogen-bond donors (Lipinski definition) is 1. The van der Waals surface area contributed by atoms with Gasteiger partial charge < -0.3 is 4.74 Å². The number of hydrogen-bond acceptors (Lipinski definition) is 2. The van der Waals surface area contributed by atoms with Crippen LogP contribution in [0, 0.1) is 19.3 Å². The van der Waals surface area contributed by atoms with Gasteiger partial charge in [0.25, 0.3) is 0 Å². The minimum absolute atomic E-state index is 0.317. The Morgan fingerprint density at radius 3 is 2.29 bits per heavy atom. The van der Waals surface area contributed by atoms with Crippen LogP contribution < -0.4 is 4.74 Å². The summed E-state index contributed by atoms with van der Waals surface area (Å²) in [6.45, 7) is 5.05. The standard InChI is InChI=1S/C15H22OS/c1-12-6-5-7-13(2)14(12)16-10-15(11-17)8-3-4-9-15/h5-7,17H,3-4,8-11H2,1-2H3. The molecule has 0 aliphatic heterocycles. The molecule has 0 amide bonds. The summed E-state index contributed by atoms with van der Waals surface area (Å²) in [5.74, 6) is 2.01. The molecule has 1 fully saturated rings. The minimum Gasteiger partial charge on any atom is -0.492 e. The number of thiol groups is 1. The maximum atomic E-state index is 6.10. The Labute approximate surface area is 110 Å². The van der Waals surface area contributed by atoms with Gasteiger partial charge >= 0.3 is 0 Å². The normalized spacial score (nSPS) is 18.3. The highest BCUT2D eigenvalue weighted by atomic mass is 32.1. The largest absolute Gasteiger partial charge is 0.492 e. The summed E-state index contributed by atoms with van der Waals surface area (Å²) in [5, 5.41) is 0. The van der Waals surface area contributed by atoms with Crippen LogP contribution in [0.4, 0.5) is 0 Å². The van der Waals surface area contributed by atoms with Crippen LogP contribution in [0.3, 0.4) is 0 Å². The molecule has 0 heterocycles. The van der Waals surface area contributed by atoms with Crippen molar-refractivity contribution in [2.24, 2.45) is 5.41 Å². The Kier molecular flexibility index (Phi) is 4.03. The molecule has 1 aliphatic carbocycles. The highest BCUT2D eigenvalue weighted by Crippen LogP contribution is 2.39. The third kappa shape index (κ3) is 2.79. The minimum atomic E-state index is 0.317. The van der Waals surface area contributed by atoms with Gasteiger partial charge in [-0.2, -0.15) is 12.6 Å². The van der Waals surface area contributed by atoms with Crippen molar-refractivity contribution in [2.45, 2.75) is 39.5 Å². The average molecular weight is 250 g/mol. The summed E-state index contributed by atoms with van der Waals surface area (Å²) in [6.07, 6.45) is 5.19. The van der Waals surface area contributed by atoms with Crippen molar-refractivity contribution in [3.05, 3.63) is 29.3 Å². The van der Waals surface area contributed by atoms with Crippen LogP contribution in [0.1, 0.15) is 36.8 Å². The van der Waals surface area contributed by atoms with E-state index in [1.807, 2.05) is 0 Å². The summed E-state index contributed by atoms with van der Waals surface area (Å²) in [6, 6.07) is 6.32. The summed E-state index contributed by atoms with van der Waals surface area (Å²) in [4.78, 5) is 0. The first kappa shape index (κ1) is 12.8. The molecule has 1 aromatic carbocycles. The molecule has 1 saturated carbocycles. The first-order chi connectivity index (χ1) is 8.17. The lowest BCUT2D eigenvalue weighted by molar-refractivity contribution is 0.171. The fourth-order valence-electron chi connectivity index (χ4n) is 2.73. The molecule has 17 heavy (non-hydrogen) atoms. The van der Waals surface area contributed by atoms with Gasteiger partial charge in [-0.3, -0.25) is 0 Å². The third-order valence-electron chi connectivity index (χ3n) is 3.93. The monoisotopic (exact) mass is 250 g/mol. The molecule has 1 nitrogen and oxygen atoms in total. The van der Waals surface area contributed by atoms with E-state index in [0.29, 0.717) is 5.41 Å². The van der Waals surface area contributed by atoms with Gasteiger partial charge in [-0.1, -0.05) is 31.0 Å². The zero-order valence-electron chi connectivity index (χ0n) is 10.8. The van der Waals surface area contributed by atoms with Crippen molar-refractivity contribution in [1.29, 1.82) is 0 Å². The zero-order chi connectivity index (χ0) is 12.3. The van der Waals surface area contributed by atoms with E-state index in [2.05, 4.69) is 44.7 Å². The second-order valence-electron chi connectivity index (χ2n) is 5.37. The van der Waals surface area contributed by atoms with Crippen molar-refractivity contribution in [2.75, 3.05) is 12.4 Å². The maximum absolute atomic E-state index is 6.10. The molecule has 1 aliphatic rings. The van der Waals surface area contributed by atoms with Gasteiger partial charge in [-0.05, 0) is 43.6 Å². The second-order valence-corrected chi connectivity index (χ2v) is 5.69. The molecule has 94 valence electrons. The van der Waals surface area contributed by atoms with E-state index in [1.54, 1.807) is 0 Å². The summed E-state index contributed by atoms with van der Waals surface area (Å²) < 4.78 is 6.10. The van der Waals surface area contributed by atoms with Gasteiger partial charge in [-0.15, -0.1) is 0 Å². The van der Waals surface area contributed by atoms with Gasteiger partial charge in [0.15, 0.2) is 0 Å². The Morgan fingerprint density at radius 1 is 1.18 bits per heavy atom. The number of aryl methyl sites for hydroxylation is 2. The van der Waals surface area contributed by atoms with E-state index in [-0.39, 0.29) is 0 Å². The van der Waals surface area contributed by atoms with Crippen molar-refractivity contribution in [1.82, 2.24) is 0 Å². The predicted octanol–water partition coefficient (Wildman–Crippen LogP) is 4.17. The molecule has 0 aromatic heterocycles. The lowest BCUT2D eigenvalue weighted by atomic mass is 9.90. The molecule has 2 heteroatoms. The predicted molar refractivity (Wildman–Crippen MR) is 76.2 cm³/mol. The summed E-state index contributed by atoms with van der Waals surface area (Å²) >= 11 is 4.52. The van der Waals surface area contributed by atoms with Crippen molar-refractivity contribution in [3.8, 4) is 5.75 Å². The van der Waals surface area contributed by atoms with Crippen LogP contribution >= 0.6 is 12.6 Å². The Hall–Kier alpha value is -0.630. The molecule has 0 unspecified atom stereocenters. The third-order valence-corrected chi connectivity index (χ3v) is 4.60. The molecule has 2 rings (SSSR count). The van der Waals surface area contributed by atoms with Gasteiger partial charge in [0.1, 0.15) is 5.75 Å². The van der Waals surface area contributed by atoms with E-state index in [1.165, 1.54) is 36.8 Å². The van der Waals surface area contributed by atoms with E-state index < -0.39 is 0 Å². The zero-order valence-corrected chi connectivity index (χ0v) is 11.7. The topological polar surface area (TPSA) is 9.23 Å². The molecule has 0 bridgehead atoms. The number of ether oxygens (including phenoxy) is 1. The molecule has 0 spiro atoms. The number of rotatable bonds is 4.